The summed E-state index contributed by atoms with van der Waals surface area (Å²) in [6.07, 6.45) is 0.120. The minimum atomic E-state index is -0.796. The van der Waals surface area contributed by atoms with Crippen LogP contribution in [0, 0.1) is 0 Å². The number of hydrogen-bond acceptors (Lipinski definition) is 6. The third-order valence-electron chi connectivity index (χ3n) is 6.70. The number of ether oxygens (including phenoxy) is 2. The zero-order valence-corrected chi connectivity index (χ0v) is 19.0. The van der Waals surface area contributed by atoms with Crippen molar-refractivity contribution in [3.8, 4) is 17.0 Å². The molecule has 0 spiro atoms. The Morgan fingerprint density at radius 3 is 2.76 bits per heavy atom. The number of morpholine rings is 1. The number of rotatable bonds is 5. The molecular formula is C28H25N3O3. The van der Waals surface area contributed by atoms with Gasteiger partial charge in [0.25, 0.3) is 0 Å². The molecule has 1 saturated heterocycles. The van der Waals surface area contributed by atoms with E-state index in [0.29, 0.717) is 18.9 Å². The van der Waals surface area contributed by atoms with Gasteiger partial charge in [-0.15, -0.1) is 0 Å². The van der Waals surface area contributed by atoms with Crippen LogP contribution in [-0.2, 0) is 9.53 Å². The highest BCUT2D eigenvalue weighted by Crippen LogP contribution is 2.51. The van der Waals surface area contributed by atoms with Gasteiger partial charge in [0.2, 0.25) is 0 Å². The van der Waals surface area contributed by atoms with E-state index in [2.05, 4.69) is 54.2 Å². The topological polar surface area (TPSA) is 63.7 Å². The van der Waals surface area contributed by atoms with Crippen LogP contribution >= 0.6 is 0 Å². The summed E-state index contributed by atoms with van der Waals surface area (Å²) in [6, 6.07) is 20.4. The van der Waals surface area contributed by atoms with Crippen molar-refractivity contribution in [1.82, 2.24) is 10.3 Å². The summed E-state index contributed by atoms with van der Waals surface area (Å²) >= 11 is 0. The average Bonchev–Trinajstić information content (AvgIpc) is 2.90. The van der Waals surface area contributed by atoms with E-state index in [0.717, 1.165) is 50.9 Å². The molecule has 170 valence electrons. The summed E-state index contributed by atoms with van der Waals surface area (Å²) in [5, 5.41) is 6.62. The van der Waals surface area contributed by atoms with Gasteiger partial charge in [-0.1, -0.05) is 43.0 Å². The Labute approximate surface area is 197 Å². The minimum Gasteiger partial charge on any atom is -0.479 e. The molecule has 2 aliphatic rings. The molecule has 1 N–H and O–H groups in total. The van der Waals surface area contributed by atoms with Crippen molar-refractivity contribution in [2.45, 2.75) is 12.2 Å². The number of carbonyl (C=O) groups is 1. The molecule has 34 heavy (non-hydrogen) atoms. The maximum atomic E-state index is 12.8. The minimum absolute atomic E-state index is 0.201. The average molecular weight is 452 g/mol. The normalized spacial score (nSPS) is 17.9. The van der Waals surface area contributed by atoms with Gasteiger partial charge in [0.1, 0.15) is 11.9 Å². The number of fused-ring (bicyclic) bond motifs is 4. The molecule has 6 nitrogen and oxygen atoms in total. The first-order valence-corrected chi connectivity index (χ1v) is 11.5. The number of para-hydroxylation sites is 1. The molecule has 0 amide bonds. The van der Waals surface area contributed by atoms with E-state index in [9.17, 15) is 4.79 Å². The maximum absolute atomic E-state index is 12.8. The molecule has 0 aliphatic carbocycles. The molecule has 3 heterocycles. The lowest BCUT2D eigenvalue weighted by atomic mass is 9.93. The Morgan fingerprint density at radius 1 is 1.15 bits per heavy atom. The molecule has 6 rings (SSSR count). The van der Waals surface area contributed by atoms with Crippen molar-refractivity contribution >= 4 is 38.8 Å². The molecule has 0 saturated carbocycles. The first-order valence-electron chi connectivity index (χ1n) is 11.5. The molecule has 1 aromatic heterocycles. The molecule has 2 unspecified atom stereocenters. The van der Waals surface area contributed by atoms with Crippen molar-refractivity contribution in [3.05, 3.63) is 73.3 Å². The first-order chi connectivity index (χ1) is 16.7. The summed E-state index contributed by atoms with van der Waals surface area (Å²) in [4.78, 5) is 20.1. The lowest BCUT2D eigenvalue weighted by Gasteiger charge is -2.33. The first kappa shape index (κ1) is 20.8. The molecule has 0 bridgehead atoms. The van der Waals surface area contributed by atoms with E-state index in [1.807, 2.05) is 30.3 Å². The van der Waals surface area contributed by atoms with Gasteiger partial charge in [-0.3, -0.25) is 4.79 Å². The van der Waals surface area contributed by atoms with Crippen molar-refractivity contribution in [2.24, 2.45) is 0 Å². The van der Waals surface area contributed by atoms with Crippen LogP contribution in [0.3, 0.4) is 0 Å². The molecule has 1 fully saturated rings. The Balaban J connectivity index is 1.57. The van der Waals surface area contributed by atoms with Crippen LogP contribution in [0.25, 0.3) is 32.9 Å². The lowest BCUT2D eigenvalue weighted by molar-refractivity contribution is -0.129. The Kier molecular flexibility index (Phi) is 5.05. The van der Waals surface area contributed by atoms with Gasteiger partial charge in [0.15, 0.2) is 11.9 Å². The van der Waals surface area contributed by atoms with E-state index < -0.39 is 12.2 Å². The molecule has 6 heteroatoms. The predicted molar refractivity (Wildman–Crippen MR) is 135 cm³/mol. The number of benzene rings is 3. The smallest absolute Gasteiger partial charge is 0.198 e. The monoisotopic (exact) mass is 451 g/mol. The number of nitrogens with one attached hydrogen (secondary N) is 1. The van der Waals surface area contributed by atoms with Crippen LogP contribution in [0.15, 0.2) is 73.3 Å². The zero-order valence-electron chi connectivity index (χ0n) is 19.0. The van der Waals surface area contributed by atoms with Gasteiger partial charge in [-0.2, -0.15) is 0 Å². The molecule has 4 aromatic rings. The summed E-state index contributed by atoms with van der Waals surface area (Å²) in [5.74, 6) is 0.407. The van der Waals surface area contributed by atoms with Gasteiger partial charge in [-0.05, 0) is 35.7 Å². The molecule has 3 aromatic carbocycles. The summed E-state index contributed by atoms with van der Waals surface area (Å²) in [6.45, 7) is 5.52. The fraction of sp³-hybridized carbons (Fsp3) is 0.214. The molecule has 0 radical (unpaired) electrons. The van der Waals surface area contributed by atoms with Crippen LogP contribution in [-0.4, -0.2) is 49.7 Å². The number of aromatic nitrogens is 1. The molecule has 2 atom stereocenters. The highest BCUT2D eigenvalue weighted by molar-refractivity contribution is 6.19. The van der Waals surface area contributed by atoms with Crippen LogP contribution in [0.1, 0.15) is 0 Å². The number of hydrogen-bond donors (Lipinski definition) is 1. The second kappa shape index (κ2) is 8.24. The number of nitrogens with zero attached hydrogens (tertiary/aromatic N) is 2. The van der Waals surface area contributed by atoms with Crippen molar-refractivity contribution < 1.29 is 14.3 Å². The predicted octanol–water partition coefficient (Wildman–Crippen LogP) is 4.63. The molecular weight excluding hydrogens is 426 g/mol. The van der Waals surface area contributed by atoms with Crippen LogP contribution in [0.4, 0.5) is 11.4 Å². The van der Waals surface area contributed by atoms with E-state index in [4.69, 9.17) is 14.5 Å². The largest absolute Gasteiger partial charge is 0.479 e. The number of anilines is 2. The van der Waals surface area contributed by atoms with E-state index in [-0.39, 0.29) is 5.78 Å². The summed E-state index contributed by atoms with van der Waals surface area (Å²) in [7, 11) is 2.05. The standard InChI is InChI=1S/C28H25N3O3/c1-3-22(32)28(24-16-29-14-15-33-24)34-23-13-7-12-21-26(23)27-25-18(9-6-11-20(25)31(21)2)17-8-4-5-10-19(17)30-27/h3-13,24,28-29H,1,14-16H2,2H3. The van der Waals surface area contributed by atoms with Gasteiger partial charge in [0, 0.05) is 30.9 Å². The second-order valence-electron chi connectivity index (χ2n) is 8.64. The van der Waals surface area contributed by atoms with E-state index in [1.54, 1.807) is 0 Å². The number of ketones is 1. The fourth-order valence-electron chi connectivity index (χ4n) is 5.06. The van der Waals surface area contributed by atoms with E-state index in [1.165, 1.54) is 6.08 Å². The van der Waals surface area contributed by atoms with Crippen LogP contribution < -0.4 is 15.0 Å². The van der Waals surface area contributed by atoms with E-state index >= 15 is 0 Å². The quantitative estimate of drug-likeness (QED) is 0.353. The van der Waals surface area contributed by atoms with Crippen molar-refractivity contribution in [2.75, 3.05) is 31.6 Å². The van der Waals surface area contributed by atoms with Gasteiger partial charge in [-0.25, -0.2) is 4.98 Å². The number of carbonyl (C=O) groups excluding carboxylic acids is 1. The van der Waals surface area contributed by atoms with Crippen LogP contribution in [0.2, 0.25) is 0 Å². The Bertz CT molecular complexity index is 1440. The van der Waals surface area contributed by atoms with Crippen LogP contribution in [0.5, 0.6) is 5.75 Å². The third-order valence-corrected chi connectivity index (χ3v) is 6.70. The summed E-state index contributed by atoms with van der Waals surface area (Å²) in [5.41, 5.74) is 4.73. The van der Waals surface area contributed by atoms with Gasteiger partial charge < -0.3 is 19.7 Å². The Morgan fingerprint density at radius 2 is 1.94 bits per heavy atom. The zero-order chi connectivity index (χ0) is 23.2. The van der Waals surface area contributed by atoms with Gasteiger partial charge >= 0.3 is 0 Å². The SMILES string of the molecule is C=CC(=O)C(Oc1cccc2c1-c1nc3ccccc3c3cccc(c13)N2C)C1CNCCO1. The Hall–Kier alpha value is -3.74. The van der Waals surface area contributed by atoms with Gasteiger partial charge in [0.05, 0.1) is 34.8 Å². The second-order valence-corrected chi connectivity index (χ2v) is 8.64. The lowest BCUT2D eigenvalue weighted by Crippen LogP contribution is -2.50. The fourth-order valence-corrected chi connectivity index (χ4v) is 5.06. The maximum Gasteiger partial charge on any atom is 0.198 e. The van der Waals surface area contributed by atoms with Crippen molar-refractivity contribution in [1.29, 1.82) is 0 Å². The molecule has 2 aliphatic heterocycles. The highest BCUT2D eigenvalue weighted by Gasteiger charge is 2.34. The van der Waals surface area contributed by atoms with Crippen molar-refractivity contribution in [3.63, 3.8) is 0 Å². The number of pyridine rings is 1. The summed E-state index contributed by atoms with van der Waals surface area (Å²) < 4.78 is 12.3. The third kappa shape index (κ3) is 3.18. The highest BCUT2D eigenvalue weighted by atomic mass is 16.5.